The number of H-pyrrole nitrogens is 1. The second-order valence-electron chi connectivity index (χ2n) is 4.60. The predicted molar refractivity (Wildman–Crippen MR) is 83.1 cm³/mol. The van der Waals surface area contributed by atoms with Gasteiger partial charge in [0.05, 0.1) is 28.4 Å². The zero-order chi connectivity index (χ0) is 14.7. The average Bonchev–Trinajstić information content (AvgIpc) is 2.95. The fourth-order valence-electron chi connectivity index (χ4n) is 1.99. The SMILES string of the molecule is CC(=NNc1nc2ccccc2[nH]1)c1ccc(C#N)cc1. The summed E-state index contributed by atoms with van der Waals surface area (Å²) in [4.78, 5) is 7.54. The first-order chi connectivity index (χ1) is 10.3. The third-order valence-electron chi connectivity index (χ3n) is 3.15. The van der Waals surface area contributed by atoms with Crippen molar-refractivity contribution < 1.29 is 0 Å². The molecule has 5 nitrogen and oxygen atoms in total. The number of aromatic nitrogens is 2. The molecule has 102 valence electrons. The van der Waals surface area contributed by atoms with Gasteiger partial charge in [0.25, 0.3) is 0 Å². The molecular formula is C16H13N5. The summed E-state index contributed by atoms with van der Waals surface area (Å²) in [7, 11) is 0. The van der Waals surface area contributed by atoms with E-state index >= 15 is 0 Å². The lowest BCUT2D eigenvalue weighted by atomic mass is 10.1. The van der Waals surface area contributed by atoms with Crippen molar-refractivity contribution >= 4 is 22.7 Å². The highest BCUT2D eigenvalue weighted by Gasteiger charge is 2.01. The Morgan fingerprint density at radius 3 is 2.67 bits per heavy atom. The summed E-state index contributed by atoms with van der Waals surface area (Å²) in [5.74, 6) is 0.601. The quantitative estimate of drug-likeness (QED) is 0.569. The van der Waals surface area contributed by atoms with Crippen LogP contribution in [0.3, 0.4) is 0 Å². The molecule has 1 aromatic heterocycles. The number of anilines is 1. The van der Waals surface area contributed by atoms with Gasteiger partial charge in [-0.2, -0.15) is 10.4 Å². The molecule has 0 aliphatic rings. The molecule has 0 saturated heterocycles. The summed E-state index contributed by atoms with van der Waals surface area (Å²) in [6, 6.07) is 17.2. The van der Waals surface area contributed by atoms with E-state index in [0.717, 1.165) is 22.3 Å². The maximum absolute atomic E-state index is 8.78. The van der Waals surface area contributed by atoms with Crippen molar-refractivity contribution in [1.82, 2.24) is 9.97 Å². The van der Waals surface area contributed by atoms with Gasteiger partial charge < -0.3 is 4.98 Å². The molecule has 3 rings (SSSR count). The lowest BCUT2D eigenvalue weighted by Crippen LogP contribution is -2.00. The normalized spacial score (nSPS) is 11.3. The Morgan fingerprint density at radius 2 is 1.95 bits per heavy atom. The molecule has 5 heteroatoms. The van der Waals surface area contributed by atoms with Crippen LogP contribution in [-0.4, -0.2) is 15.7 Å². The number of aromatic amines is 1. The van der Waals surface area contributed by atoms with Gasteiger partial charge in [-0.15, -0.1) is 0 Å². The maximum Gasteiger partial charge on any atom is 0.222 e. The molecular weight excluding hydrogens is 262 g/mol. The van der Waals surface area contributed by atoms with E-state index in [0.29, 0.717) is 11.5 Å². The van der Waals surface area contributed by atoms with Crippen LogP contribution in [0.5, 0.6) is 0 Å². The number of imidazole rings is 1. The summed E-state index contributed by atoms with van der Waals surface area (Å²) >= 11 is 0. The lowest BCUT2D eigenvalue weighted by molar-refractivity contribution is 1.20. The fraction of sp³-hybridized carbons (Fsp3) is 0.0625. The largest absolute Gasteiger partial charge is 0.323 e. The first-order valence-electron chi connectivity index (χ1n) is 6.52. The number of rotatable bonds is 3. The highest BCUT2D eigenvalue weighted by molar-refractivity contribution is 5.99. The number of nitrogens with zero attached hydrogens (tertiary/aromatic N) is 3. The second-order valence-corrected chi connectivity index (χ2v) is 4.60. The first kappa shape index (κ1) is 12.9. The molecule has 0 unspecified atom stereocenters. The van der Waals surface area contributed by atoms with Gasteiger partial charge in [-0.3, -0.25) is 0 Å². The molecule has 3 aromatic rings. The number of hydrazone groups is 1. The van der Waals surface area contributed by atoms with Crippen LogP contribution in [0.25, 0.3) is 11.0 Å². The van der Waals surface area contributed by atoms with Crippen molar-refractivity contribution in [1.29, 1.82) is 5.26 Å². The van der Waals surface area contributed by atoms with Crippen molar-refractivity contribution in [2.24, 2.45) is 5.10 Å². The maximum atomic E-state index is 8.78. The van der Waals surface area contributed by atoms with Crippen molar-refractivity contribution in [2.75, 3.05) is 5.43 Å². The molecule has 0 bridgehead atoms. The summed E-state index contributed by atoms with van der Waals surface area (Å²) < 4.78 is 0. The monoisotopic (exact) mass is 275 g/mol. The molecule has 0 saturated carbocycles. The van der Waals surface area contributed by atoms with Crippen LogP contribution in [0.2, 0.25) is 0 Å². The summed E-state index contributed by atoms with van der Waals surface area (Å²) in [6.07, 6.45) is 0. The minimum absolute atomic E-state index is 0.601. The summed E-state index contributed by atoms with van der Waals surface area (Å²) in [5, 5.41) is 13.1. The van der Waals surface area contributed by atoms with Crippen LogP contribution in [0, 0.1) is 11.3 Å². The van der Waals surface area contributed by atoms with Gasteiger partial charge in [0.2, 0.25) is 5.95 Å². The molecule has 21 heavy (non-hydrogen) atoms. The Balaban J connectivity index is 1.79. The molecule has 2 N–H and O–H groups in total. The van der Waals surface area contributed by atoms with Crippen LogP contribution < -0.4 is 5.43 Å². The highest BCUT2D eigenvalue weighted by Crippen LogP contribution is 2.13. The summed E-state index contributed by atoms with van der Waals surface area (Å²) in [6.45, 7) is 1.90. The third kappa shape index (κ3) is 2.74. The van der Waals surface area contributed by atoms with E-state index in [1.807, 2.05) is 43.3 Å². The highest BCUT2D eigenvalue weighted by atomic mass is 15.4. The van der Waals surface area contributed by atoms with Crippen LogP contribution in [0.4, 0.5) is 5.95 Å². The Kier molecular flexibility index (Phi) is 3.36. The molecule has 0 atom stereocenters. The molecule has 1 heterocycles. The van der Waals surface area contributed by atoms with Crippen LogP contribution in [-0.2, 0) is 0 Å². The first-order valence-corrected chi connectivity index (χ1v) is 6.52. The zero-order valence-corrected chi connectivity index (χ0v) is 11.5. The van der Waals surface area contributed by atoms with E-state index in [1.165, 1.54) is 0 Å². The molecule has 0 amide bonds. The van der Waals surface area contributed by atoms with Crippen molar-refractivity contribution in [3.8, 4) is 6.07 Å². The number of fused-ring (bicyclic) bond motifs is 1. The molecule has 0 fully saturated rings. The van der Waals surface area contributed by atoms with Gasteiger partial charge in [-0.25, -0.2) is 10.4 Å². The van der Waals surface area contributed by atoms with Crippen molar-refractivity contribution in [3.63, 3.8) is 0 Å². The van der Waals surface area contributed by atoms with Gasteiger partial charge in [0.1, 0.15) is 0 Å². The van der Waals surface area contributed by atoms with Crippen LogP contribution >= 0.6 is 0 Å². The van der Waals surface area contributed by atoms with E-state index in [9.17, 15) is 0 Å². The van der Waals surface area contributed by atoms with Gasteiger partial charge in [0.15, 0.2) is 0 Å². The lowest BCUT2D eigenvalue weighted by Gasteiger charge is -2.01. The number of hydrogen-bond donors (Lipinski definition) is 2. The van der Waals surface area contributed by atoms with Gasteiger partial charge in [-0.1, -0.05) is 24.3 Å². The minimum atomic E-state index is 0.601. The fourth-order valence-corrected chi connectivity index (χ4v) is 1.99. The smallest absolute Gasteiger partial charge is 0.222 e. The number of benzene rings is 2. The van der Waals surface area contributed by atoms with E-state index in [-0.39, 0.29) is 0 Å². The zero-order valence-electron chi connectivity index (χ0n) is 11.5. The Labute approximate surface area is 122 Å². The summed E-state index contributed by atoms with van der Waals surface area (Å²) in [5.41, 5.74) is 7.19. The number of hydrogen-bond acceptors (Lipinski definition) is 4. The Hall–Kier alpha value is -3.13. The van der Waals surface area contributed by atoms with Gasteiger partial charge >= 0.3 is 0 Å². The van der Waals surface area contributed by atoms with Gasteiger partial charge in [0, 0.05) is 0 Å². The van der Waals surface area contributed by atoms with E-state index < -0.39 is 0 Å². The predicted octanol–water partition coefficient (Wildman–Crippen LogP) is 3.27. The van der Waals surface area contributed by atoms with Crippen LogP contribution in [0.1, 0.15) is 18.1 Å². The second kappa shape index (κ2) is 5.47. The van der Waals surface area contributed by atoms with Gasteiger partial charge in [-0.05, 0) is 36.8 Å². The van der Waals surface area contributed by atoms with Crippen molar-refractivity contribution in [2.45, 2.75) is 6.92 Å². The van der Waals surface area contributed by atoms with Crippen molar-refractivity contribution in [3.05, 3.63) is 59.7 Å². The molecule has 0 aliphatic heterocycles. The Morgan fingerprint density at radius 1 is 1.19 bits per heavy atom. The molecule has 2 aromatic carbocycles. The van der Waals surface area contributed by atoms with E-state index in [1.54, 1.807) is 12.1 Å². The number of nitrogens with one attached hydrogen (secondary N) is 2. The van der Waals surface area contributed by atoms with Crippen LogP contribution in [0.15, 0.2) is 53.6 Å². The number of para-hydroxylation sites is 2. The number of nitriles is 1. The molecule has 0 radical (unpaired) electrons. The van der Waals surface area contributed by atoms with E-state index in [4.69, 9.17) is 5.26 Å². The average molecular weight is 275 g/mol. The topological polar surface area (TPSA) is 76.9 Å². The minimum Gasteiger partial charge on any atom is -0.323 e. The third-order valence-corrected chi connectivity index (χ3v) is 3.15. The molecule has 0 spiro atoms. The standard InChI is InChI=1S/C16H13N5/c1-11(13-8-6-12(10-17)7-9-13)20-21-16-18-14-4-2-3-5-15(14)19-16/h2-9H,1H3,(H2,18,19,21). The Bertz CT molecular complexity index is 804. The molecule has 0 aliphatic carbocycles. The van der Waals surface area contributed by atoms with E-state index in [2.05, 4.69) is 26.6 Å².